The van der Waals surface area contributed by atoms with Gasteiger partial charge in [0.15, 0.2) is 5.65 Å². The fourth-order valence-corrected chi connectivity index (χ4v) is 4.27. The highest BCUT2D eigenvalue weighted by Gasteiger charge is 2.23. The predicted octanol–water partition coefficient (Wildman–Crippen LogP) is 3.01. The highest BCUT2D eigenvalue weighted by molar-refractivity contribution is 7.20. The SMILES string of the molecule is CCN(CC)C(=O)c1sc2ncn3nc(-c4ccn(CC)n4)nc3c2c1C. The number of hydrogen-bond acceptors (Lipinski definition) is 6. The molecule has 0 fully saturated rings. The van der Waals surface area contributed by atoms with Crippen molar-refractivity contribution in [2.24, 2.45) is 0 Å². The van der Waals surface area contributed by atoms with Gasteiger partial charge in [0.05, 0.1) is 10.3 Å². The van der Waals surface area contributed by atoms with Crippen LogP contribution in [-0.4, -0.2) is 53.3 Å². The summed E-state index contributed by atoms with van der Waals surface area (Å²) in [5.74, 6) is 0.596. The number of hydrogen-bond donors (Lipinski definition) is 0. The summed E-state index contributed by atoms with van der Waals surface area (Å²) in [6.07, 6.45) is 3.55. The molecule has 0 aliphatic carbocycles. The van der Waals surface area contributed by atoms with Gasteiger partial charge in [-0.1, -0.05) is 0 Å². The Labute approximate surface area is 160 Å². The zero-order chi connectivity index (χ0) is 19.1. The van der Waals surface area contributed by atoms with Gasteiger partial charge >= 0.3 is 0 Å². The third-order valence-corrected chi connectivity index (χ3v) is 5.89. The first kappa shape index (κ1) is 17.6. The summed E-state index contributed by atoms with van der Waals surface area (Å²) in [6.45, 7) is 10.1. The summed E-state index contributed by atoms with van der Waals surface area (Å²) >= 11 is 1.42. The fraction of sp³-hybridized carbons (Fsp3) is 0.389. The van der Waals surface area contributed by atoms with Crippen LogP contribution in [-0.2, 0) is 6.54 Å². The molecule has 9 heteroatoms. The maximum absolute atomic E-state index is 12.8. The van der Waals surface area contributed by atoms with Crippen LogP contribution in [0.4, 0.5) is 0 Å². The molecule has 0 bridgehead atoms. The number of carbonyl (C=O) groups excluding carboxylic acids is 1. The largest absolute Gasteiger partial charge is 0.338 e. The summed E-state index contributed by atoms with van der Waals surface area (Å²) in [7, 11) is 0. The normalized spacial score (nSPS) is 11.6. The molecule has 140 valence electrons. The monoisotopic (exact) mass is 383 g/mol. The number of aryl methyl sites for hydroxylation is 2. The van der Waals surface area contributed by atoms with Crippen molar-refractivity contribution in [3.63, 3.8) is 0 Å². The van der Waals surface area contributed by atoms with Crippen LogP contribution in [0.25, 0.3) is 27.4 Å². The second kappa shape index (κ2) is 6.73. The maximum Gasteiger partial charge on any atom is 0.264 e. The lowest BCUT2D eigenvalue weighted by molar-refractivity contribution is 0.0777. The molecule has 1 amide bonds. The van der Waals surface area contributed by atoms with Crippen LogP contribution in [0.1, 0.15) is 36.0 Å². The molecule has 0 unspecified atom stereocenters. The minimum Gasteiger partial charge on any atom is -0.338 e. The predicted molar refractivity (Wildman–Crippen MR) is 105 cm³/mol. The van der Waals surface area contributed by atoms with Gasteiger partial charge < -0.3 is 4.90 Å². The summed E-state index contributed by atoms with van der Waals surface area (Å²) < 4.78 is 3.50. The molecule has 4 heterocycles. The Morgan fingerprint density at radius 2 is 2.00 bits per heavy atom. The van der Waals surface area contributed by atoms with Crippen molar-refractivity contribution >= 4 is 33.1 Å². The average molecular weight is 383 g/mol. The maximum atomic E-state index is 12.8. The highest BCUT2D eigenvalue weighted by atomic mass is 32.1. The Morgan fingerprint density at radius 3 is 2.67 bits per heavy atom. The minimum absolute atomic E-state index is 0.0417. The molecule has 4 aromatic heterocycles. The van der Waals surface area contributed by atoms with E-state index in [-0.39, 0.29) is 5.91 Å². The minimum atomic E-state index is 0.0417. The van der Waals surface area contributed by atoms with Crippen molar-refractivity contribution in [3.05, 3.63) is 29.0 Å². The molecule has 0 aliphatic rings. The Balaban J connectivity index is 1.87. The van der Waals surface area contributed by atoms with Gasteiger partial charge in [0.2, 0.25) is 5.82 Å². The van der Waals surface area contributed by atoms with Crippen LogP contribution in [0.3, 0.4) is 0 Å². The summed E-state index contributed by atoms with van der Waals surface area (Å²) in [6, 6.07) is 1.90. The van der Waals surface area contributed by atoms with E-state index in [0.717, 1.165) is 28.0 Å². The molecule has 8 nitrogen and oxygen atoms in total. The van der Waals surface area contributed by atoms with E-state index < -0.39 is 0 Å². The van der Waals surface area contributed by atoms with Crippen molar-refractivity contribution in [3.8, 4) is 11.5 Å². The lowest BCUT2D eigenvalue weighted by Gasteiger charge is -2.17. The molecule has 0 spiro atoms. The molecule has 0 saturated carbocycles. The first-order valence-corrected chi connectivity index (χ1v) is 9.86. The second-order valence-electron chi connectivity index (χ2n) is 6.22. The van der Waals surface area contributed by atoms with Gasteiger partial charge in [0.1, 0.15) is 16.9 Å². The number of thiophene rings is 1. The molecule has 0 aromatic carbocycles. The zero-order valence-electron chi connectivity index (χ0n) is 15.8. The molecular weight excluding hydrogens is 362 g/mol. The fourth-order valence-electron chi connectivity index (χ4n) is 3.16. The van der Waals surface area contributed by atoms with Gasteiger partial charge in [-0.3, -0.25) is 9.48 Å². The Kier molecular flexibility index (Phi) is 4.39. The molecule has 0 radical (unpaired) electrons. The van der Waals surface area contributed by atoms with Gasteiger partial charge in [0, 0.05) is 25.8 Å². The van der Waals surface area contributed by atoms with Crippen LogP contribution in [0.5, 0.6) is 0 Å². The van der Waals surface area contributed by atoms with Crippen molar-refractivity contribution in [1.29, 1.82) is 0 Å². The lowest BCUT2D eigenvalue weighted by atomic mass is 10.2. The number of rotatable bonds is 5. The molecular formula is C18H21N7OS. The van der Waals surface area contributed by atoms with E-state index in [0.29, 0.717) is 29.4 Å². The number of nitrogens with zero attached hydrogens (tertiary/aromatic N) is 7. The summed E-state index contributed by atoms with van der Waals surface area (Å²) in [4.78, 5) is 25.4. The van der Waals surface area contributed by atoms with Crippen LogP contribution in [0, 0.1) is 6.92 Å². The topological polar surface area (TPSA) is 81.2 Å². The molecule has 0 N–H and O–H groups in total. The third kappa shape index (κ3) is 2.78. The van der Waals surface area contributed by atoms with E-state index in [4.69, 9.17) is 4.98 Å². The van der Waals surface area contributed by atoms with Gasteiger partial charge in [-0.05, 0) is 39.3 Å². The third-order valence-electron chi connectivity index (χ3n) is 4.71. The van der Waals surface area contributed by atoms with Crippen molar-refractivity contribution in [2.45, 2.75) is 34.2 Å². The summed E-state index contributed by atoms with van der Waals surface area (Å²) in [5.41, 5.74) is 2.33. The smallest absolute Gasteiger partial charge is 0.264 e. The van der Waals surface area contributed by atoms with Crippen molar-refractivity contribution in [2.75, 3.05) is 13.1 Å². The highest BCUT2D eigenvalue weighted by Crippen LogP contribution is 2.33. The average Bonchev–Trinajstić information content (AvgIpc) is 3.38. The Bertz CT molecular complexity index is 1140. The standard InChI is InChI=1S/C18H21N7OS/c1-5-23(6-2)18(26)14-11(4)13-16-20-15(12-8-9-24(7-3)21-12)22-25(16)10-19-17(13)27-14/h8-10H,5-7H2,1-4H3. The molecule has 4 rings (SSSR count). The number of fused-ring (bicyclic) bond motifs is 3. The number of aromatic nitrogens is 6. The van der Waals surface area contributed by atoms with E-state index in [2.05, 4.69) is 15.2 Å². The number of amides is 1. The van der Waals surface area contributed by atoms with Gasteiger partial charge in [0.25, 0.3) is 5.91 Å². The van der Waals surface area contributed by atoms with E-state index >= 15 is 0 Å². The van der Waals surface area contributed by atoms with Crippen LogP contribution >= 0.6 is 11.3 Å². The van der Waals surface area contributed by atoms with Crippen LogP contribution in [0.2, 0.25) is 0 Å². The van der Waals surface area contributed by atoms with Gasteiger partial charge in [-0.15, -0.1) is 16.4 Å². The quantitative estimate of drug-likeness (QED) is 0.529. The van der Waals surface area contributed by atoms with E-state index in [1.54, 1.807) is 10.8 Å². The Hall–Kier alpha value is -2.81. The second-order valence-corrected chi connectivity index (χ2v) is 7.22. The van der Waals surface area contributed by atoms with E-state index in [1.165, 1.54) is 11.3 Å². The lowest BCUT2D eigenvalue weighted by Crippen LogP contribution is -2.30. The molecule has 0 aliphatic heterocycles. The van der Waals surface area contributed by atoms with Crippen LogP contribution in [0.15, 0.2) is 18.6 Å². The number of carbonyl (C=O) groups is 1. The van der Waals surface area contributed by atoms with E-state index in [9.17, 15) is 4.79 Å². The zero-order valence-corrected chi connectivity index (χ0v) is 16.6. The van der Waals surface area contributed by atoms with Gasteiger partial charge in [-0.25, -0.2) is 14.5 Å². The summed E-state index contributed by atoms with van der Waals surface area (Å²) in [5, 5.41) is 9.88. The first-order chi connectivity index (χ1) is 13.1. The van der Waals surface area contributed by atoms with Crippen molar-refractivity contribution < 1.29 is 4.79 Å². The van der Waals surface area contributed by atoms with Crippen molar-refractivity contribution in [1.82, 2.24) is 34.3 Å². The molecule has 4 aromatic rings. The molecule has 0 atom stereocenters. The molecule has 27 heavy (non-hydrogen) atoms. The molecule has 0 saturated heterocycles. The first-order valence-electron chi connectivity index (χ1n) is 9.04. The van der Waals surface area contributed by atoms with Crippen LogP contribution < -0.4 is 0 Å². The Morgan fingerprint density at radius 1 is 1.22 bits per heavy atom. The van der Waals surface area contributed by atoms with E-state index in [1.807, 2.05) is 49.5 Å². The van der Waals surface area contributed by atoms with Gasteiger partial charge in [-0.2, -0.15) is 5.10 Å².